The van der Waals surface area contributed by atoms with Crippen LogP contribution in [0.25, 0.3) is 5.13 Å². The van der Waals surface area contributed by atoms with Gasteiger partial charge in [-0.15, -0.1) is 11.3 Å². The maximum absolute atomic E-state index is 13.6. The standard InChI is InChI=1S/C21H26N4OS/c1-15-14-17(16(2)25(15)21-22-10-13-27-21)20(26)24-12-6-4-5-8-19(24)18-9-7-11-23(18)3/h7,9-11,13-14,19H,4-6,8,12H2,1-3H3/t19-/m0/s1. The number of carbonyl (C=O) groups excluding carboxylic acids is 1. The van der Waals surface area contributed by atoms with Gasteiger partial charge >= 0.3 is 0 Å². The fourth-order valence-corrected chi connectivity index (χ4v) is 4.99. The lowest BCUT2D eigenvalue weighted by Crippen LogP contribution is -2.35. The molecule has 1 atom stereocenters. The summed E-state index contributed by atoms with van der Waals surface area (Å²) in [7, 11) is 2.07. The maximum atomic E-state index is 13.6. The molecule has 1 fully saturated rings. The molecule has 27 heavy (non-hydrogen) atoms. The van der Waals surface area contributed by atoms with Gasteiger partial charge in [0.2, 0.25) is 0 Å². The van der Waals surface area contributed by atoms with E-state index in [9.17, 15) is 4.79 Å². The number of rotatable bonds is 3. The van der Waals surface area contributed by atoms with Gasteiger partial charge < -0.3 is 9.47 Å². The average molecular weight is 383 g/mol. The molecule has 4 heterocycles. The van der Waals surface area contributed by atoms with Crippen LogP contribution in [-0.2, 0) is 7.05 Å². The Kier molecular flexibility index (Phi) is 4.91. The highest BCUT2D eigenvalue weighted by atomic mass is 32.1. The van der Waals surface area contributed by atoms with E-state index in [-0.39, 0.29) is 11.9 Å². The third-order valence-electron chi connectivity index (χ3n) is 5.61. The first-order chi connectivity index (χ1) is 13.1. The first-order valence-corrected chi connectivity index (χ1v) is 10.5. The van der Waals surface area contributed by atoms with Crippen molar-refractivity contribution in [3.63, 3.8) is 0 Å². The third kappa shape index (κ3) is 3.23. The lowest BCUT2D eigenvalue weighted by Gasteiger charge is -2.30. The average Bonchev–Trinajstić information content (AvgIpc) is 3.33. The molecule has 1 aliphatic heterocycles. The van der Waals surface area contributed by atoms with Gasteiger partial charge in [-0.25, -0.2) is 4.98 Å². The monoisotopic (exact) mass is 382 g/mol. The molecule has 1 aliphatic rings. The predicted molar refractivity (Wildman–Crippen MR) is 109 cm³/mol. The van der Waals surface area contributed by atoms with E-state index in [1.165, 1.54) is 12.1 Å². The van der Waals surface area contributed by atoms with E-state index in [0.29, 0.717) is 0 Å². The molecule has 5 nitrogen and oxygen atoms in total. The van der Waals surface area contributed by atoms with Gasteiger partial charge in [-0.05, 0) is 44.9 Å². The van der Waals surface area contributed by atoms with E-state index in [2.05, 4.69) is 44.4 Å². The topological polar surface area (TPSA) is 43.1 Å². The van der Waals surface area contributed by atoms with E-state index in [1.807, 2.05) is 25.3 Å². The second-order valence-corrected chi connectivity index (χ2v) is 8.22. The van der Waals surface area contributed by atoms with Crippen molar-refractivity contribution in [1.82, 2.24) is 19.0 Å². The smallest absolute Gasteiger partial charge is 0.256 e. The van der Waals surface area contributed by atoms with Crippen LogP contribution in [0, 0.1) is 13.8 Å². The van der Waals surface area contributed by atoms with Crippen molar-refractivity contribution in [2.24, 2.45) is 7.05 Å². The molecule has 1 saturated heterocycles. The molecule has 0 aliphatic carbocycles. The second-order valence-electron chi connectivity index (χ2n) is 7.34. The second kappa shape index (κ2) is 7.35. The largest absolute Gasteiger partial charge is 0.353 e. The molecule has 6 heteroatoms. The SMILES string of the molecule is Cc1cc(C(=O)N2CCCCC[C@H]2c2cccn2C)c(C)n1-c1nccs1. The summed E-state index contributed by atoms with van der Waals surface area (Å²) < 4.78 is 4.24. The van der Waals surface area contributed by atoms with Crippen molar-refractivity contribution < 1.29 is 4.79 Å². The molecule has 0 radical (unpaired) electrons. The minimum absolute atomic E-state index is 0.138. The zero-order valence-corrected chi connectivity index (χ0v) is 17.0. The number of amides is 1. The van der Waals surface area contributed by atoms with Crippen LogP contribution in [-0.4, -0.2) is 31.5 Å². The number of aromatic nitrogens is 3. The number of carbonyl (C=O) groups is 1. The van der Waals surface area contributed by atoms with Crippen LogP contribution in [0.15, 0.2) is 36.0 Å². The van der Waals surface area contributed by atoms with Crippen molar-refractivity contribution in [3.8, 4) is 5.13 Å². The van der Waals surface area contributed by atoms with E-state index in [1.54, 1.807) is 17.5 Å². The van der Waals surface area contributed by atoms with E-state index < -0.39 is 0 Å². The minimum Gasteiger partial charge on any atom is -0.353 e. The van der Waals surface area contributed by atoms with Gasteiger partial charge in [-0.2, -0.15) is 0 Å². The minimum atomic E-state index is 0.138. The summed E-state index contributed by atoms with van der Waals surface area (Å²) >= 11 is 1.59. The number of hydrogen-bond acceptors (Lipinski definition) is 3. The molecule has 0 bridgehead atoms. The Labute approximate surface area is 164 Å². The highest BCUT2D eigenvalue weighted by molar-refractivity contribution is 7.12. The zero-order chi connectivity index (χ0) is 19.0. The fourth-order valence-electron chi connectivity index (χ4n) is 4.23. The molecule has 0 N–H and O–H groups in total. The highest BCUT2D eigenvalue weighted by Crippen LogP contribution is 2.33. The summed E-state index contributed by atoms with van der Waals surface area (Å²) in [5, 5.41) is 2.88. The lowest BCUT2D eigenvalue weighted by molar-refractivity contribution is 0.0674. The Morgan fingerprint density at radius 1 is 1.26 bits per heavy atom. The number of likely N-dealkylation sites (tertiary alicyclic amines) is 1. The van der Waals surface area contributed by atoms with Crippen LogP contribution in [0.1, 0.15) is 59.2 Å². The molecular weight excluding hydrogens is 356 g/mol. The Balaban J connectivity index is 1.72. The first-order valence-electron chi connectivity index (χ1n) is 9.59. The molecule has 0 saturated carbocycles. The van der Waals surface area contributed by atoms with Crippen LogP contribution >= 0.6 is 11.3 Å². The van der Waals surface area contributed by atoms with Gasteiger partial charge in [0.15, 0.2) is 5.13 Å². The molecule has 1 amide bonds. The molecule has 0 spiro atoms. The van der Waals surface area contributed by atoms with Gasteiger partial charge in [0.1, 0.15) is 0 Å². The third-order valence-corrected chi connectivity index (χ3v) is 6.37. The molecule has 4 rings (SSSR count). The van der Waals surface area contributed by atoms with Crippen molar-refractivity contribution in [3.05, 3.63) is 58.6 Å². The first kappa shape index (κ1) is 18.0. The van der Waals surface area contributed by atoms with Crippen molar-refractivity contribution in [2.45, 2.75) is 45.6 Å². The van der Waals surface area contributed by atoms with E-state index in [4.69, 9.17) is 0 Å². The Morgan fingerprint density at radius 3 is 2.81 bits per heavy atom. The summed E-state index contributed by atoms with van der Waals surface area (Å²) in [5.41, 5.74) is 4.04. The summed E-state index contributed by atoms with van der Waals surface area (Å²) in [6, 6.07) is 6.38. The van der Waals surface area contributed by atoms with Gasteiger partial charge in [0.25, 0.3) is 5.91 Å². The van der Waals surface area contributed by atoms with Crippen molar-refractivity contribution in [2.75, 3.05) is 6.54 Å². The molecule has 0 aromatic carbocycles. The zero-order valence-electron chi connectivity index (χ0n) is 16.2. The van der Waals surface area contributed by atoms with Crippen LogP contribution < -0.4 is 0 Å². The van der Waals surface area contributed by atoms with Crippen molar-refractivity contribution in [1.29, 1.82) is 0 Å². The molecule has 3 aromatic rings. The maximum Gasteiger partial charge on any atom is 0.256 e. The van der Waals surface area contributed by atoms with Crippen molar-refractivity contribution >= 4 is 17.2 Å². The Bertz CT molecular complexity index is 938. The summed E-state index contributed by atoms with van der Waals surface area (Å²) in [4.78, 5) is 20.1. The molecule has 142 valence electrons. The van der Waals surface area contributed by atoms with Crippen LogP contribution in [0.3, 0.4) is 0 Å². The molecule has 3 aromatic heterocycles. The normalized spacial score (nSPS) is 17.9. The van der Waals surface area contributed by atoms with Gasteiger partial charge in [0.05, 0.1) is 11.6 Å². The van der Waals surface area contributed by atoms with Gasteiger partial charge in [-0.3, -0.25) is 9.36 Å². The number of nitrogens with zero attached hydrogens (tertiary/aromatic N) is 4. The summed E-state index contributed by atoms with van der Waals surface area (Å²) in [6.07, 6.45) is 8.31. The Hall–Kier alpha value is -2.34. The summed E-state index contributed by atoms with van der Waals surface area (Å²) in [6.45, 7) is 4.88. The van der Waals surface area contributed by atoms with Crippen LogP contribution in [0.5, 0.6) is 0 Å². The molecule has 0 unspecified atom stereocenters. The van der Waals surface area contributed by atoms with Crippen LogP contribution in [0.2, 0.25) is 0 Å². The lowest BCUT2D eigenvalue weighted by atomic mass is 10.1. The quantitative estimate of drug-likeness (QED) is 0.662. The molecular formula is C21H26N4OS. The number of aryl methyl sites for hydroxylation is 2. The fraction of sp³-hybridized carbons (Fsp3) is 0.429. The number of hydrogen-bond donors (Lipinski definition) is 0. The van der Waals surface area contributed by atoms with E-state index in [0.717, 1.165) is 47.9 Å². The summed E-state index contributed by atoms with van der Waals surface area (Å²) in [5.74, 6) is 0.138. The van der Waals surface area contributed by atoms with Crippen LogP contribution in [0.4, 0.5) is 0 Å². The van der Waals surface area contributed by atoms with Gasteiger partial charge in [-0.1, -0.05) is 12.8 Å². The van der Waals surface area contributed by atoms with Gasteiger partial charge in [0, 0.05) is 48.4 Å². The van der Waals surface area contributed by atoms with E-state index >= 15 is 0 Å². The number of thiazole rings is 1. The highest BCUT2D eigenvalue weighted by Gasteiger charge is 2.31. The Morgan fingerprint density at radius 2 is 2.11 bits per heavy atom. The predicted octanol–water partition coefficient (Wildman–Crippen LogP) is 4.65.